The van der Waals surface area contributed by atoms with Crippen molar-refractivity contribution in [3.63, 3.8) is 0 Å². The second-order valence-electron chi connectivity index (χ2n) is 7.29. The number of H-pyrrole nitrogens is 1. The molecule has 2 aromatic heterocycles. The van der Waals surface area contributed by atoms with E-state index in [-0.39, 0.29) is 18.3 Å². The highest BCUT2D eigenvalue weighted by molar-refractivity contribution is 7.80. The van der Waals surface area contributed by atoms with Gasteiger partial charge >= 0.3 is 0 Å². The molecule has 1 unspecified atom stereocenters. The minimum absolute atomic E-state index is 0.0287. The lowest BCUT2D eigenvalue weighted by atomic mass is 10.0. The molecule has 0 radical (unpaired) electrons. The number of aromatic nitrogens is 3. The number of benzene rings is 2. The average Bonchev–Trinajstić information content (AvgIpc) is 3.52. The molecule has 2 aromatic carbocycles. The molecule has 0 spiro atoms. The lowest BCUT2D eigenvalue weighted by Crippen LogP contribution is -2.33. The normalized spacial score (nSPS) is 16.8. The molecule has 4 aromatic rings. The molecule has 30 heavy (non-hydrogen) atoms. The molecule has 0 saturated carbocycles. The molecule has 4 heterocycles. The third-order valence-electron chi connectivity index (χ3n) is 5.64. The molecule has 2 aliphatic heterocycles. The van der Waals surface area contributed by atoms with Crippen molar-refractivity contribution >= 4 is 28.2 Å². The van der Waals surface area contributed by atoms with Gasteiger partial charge in [0.05, 0.1) is 18.3 Å². The summed E-state index contributed by atoms with van der Waals surface area (Å²) in [6.07, 6.45) is 5.16. The van der Waals surface area contributed by atoms with Crippen LogP contribution in [0.1, 0.15) is 22.9 Å². The van der Waals surface area contributed by atoms with E-state index in [4.69, 9.17) is 21.7 Å². The van der Waals surface area contributed by atoms with Crippen LogP contribution >= 0.6 is 12.2 Å². The Bertz CT molecular complexity index is 1360. The topological polar surface area (TPSA) is 72.4 Å². The maximum atomic E-state index is 13.3. The van der Waals surface area contributed by atoms with Crippen LogP contribution in [0.2, 0.25) is 0 Å². The van der Waals surface area contributed by atoms with E-state index < -0.39 is 0 Å². The Balaban J connectivity index is 1.56. The van der Waals surface area contributed by atoms with E-state index in [0.717, 1.165) is 22.3 Å². The van der Waals surface area contributed by atoms with Crippen molar-refractivity contribution in [3.05, 3.63) is 88.2 Å². The zero-order valence-electron chi connectivity index (χ0n) is 15.7. The number of rotatable bonds is 1. The highest BCUT2D eigenvalue weighted by Crippen LogP contribution is 2.41. The highest BCUT2D eigenvalue weighted by Gasteiger charge is 2.37. The van der Waals surface area contributed by atoms with E-state index in [0.29, 0.717) is 28.5 Å². The van der Waals surface area contributed by atoms with E-state index in [1.54, 1.807) is 23.3 Å². The van der Waals surface area contributed by atoms with Crippen LogP contribution < -0.4 is 14.9 Å². The summed E-state index contributed by atoms with van der Waals surface area (Å²) in [6.45, 7) is 0.615. The Hall–Kier alpha value is -3.65. The first-order valence-corrected chi connectivity index (χ1v) is 9.94. The van der Waals surface area contributed by atoms with E-state index >= 15 is 0 Å². The van der Waals surface area contributed by atoms with Crippen LogP contribution in [0, 0.1) is 0 Å². The predicted molar refractivity (Wildman–Crippen MR) is 115 cm³/mol. The molecule has 6 rings (SSSR count). The van der Waals surface area contributed by atoms with Crippen molar-refractivity contribution in [2.45, 2.75) is 12.6 Å². The van der Waals surface area contributed by atoms with Crippen molar-refractivity contribution in [3.8, 4) is 11.5 Å². The van der Waals surface area contributed by atoms with Crippen molar-refractivity contribution in [2.75, 3.05) is 6.79 Å². The first-order chi connectivity index (χ1) is 14.7. The molecule has 2 aliphatic rings. The van der Waals surface area contributed by atoms with E-state index in [2.05, 4.69) is 9.97 Å². The summed E-state index contributed by atoms with van der Waals surface area (Å²) >= 11 is 5.78. The molecule has 8 heteroatoms. The van der Waals surface area contributed by atoms with Crippen LogP contribution in [0.5, 0.6) is 11.5 Å². The molecule has 1 atom stereocenters. The minimum Gasteiger partial charge on any atom is -0.454 e. The summed E-state index contributed by atoms with van der Waals surface area (Å²) in [7, 11) is 0. The molecule has 0 bridgehead atoms. The summed E-state index contributed by atoms with van der Waals surface area (Å²) in [4.78, 5) is 22.9. The number of para-hydroxylation sites is 1. The Morgan fingerprint density at radius 1 is 1.17 bits per heavy atom. The number of ether oxygens (including phenoxy) is 2. The van der Waals surface area contributed by atoms with E-state index in [1.807, 2.05) is 47.4 Å². The lowest BCUT2D eigenvalue weighted by Gasteiger charge is -2.28. The Kier molecular flexibility index (Phi) is 3.69. The third-order valence-corrected chi connectivity index (χ3v) is 6.08. The molecule has 1 N–H and O–H groups in total. The summed E-state index contributed by atoms with van der Waals surface area (Å²) in [5.41, 5.74) is 3.37. The number of nitrogens with one attached hydrogen (secondary N) is 1. The van der Waals surface area contributed by atoms with E-state index in [9.17, 15) is 4.79 Å². The van der Waals surface area contributed by atoms with Crippen molar-refractivity contribution in [1.29, 1.82) is 0 Å². The van der Waals surface area contributed by atoms with Crippen LogP contribution in [0.4, 0.5) is 0 Å². The molecular weight excluding hydrogens is 400 g/mol. The van der Waals surface area contributed by atoms with Gasteiger partial charge < -0.3 is 19.4 Å². The molecule has 0 saturated heterocycles. The molecule has 7 nitrogen and oxygen atoms in total. The van der Waals surface area contributed by atoms with Crippen molar-refractivity contribution < 1.29 is 9.47 Å². The van der Waals surface area contributed by atoms with Gasteiger partial charge in [-0.3, -0.25) is 9.36 Å². The van der Waals surface area contributed by atoms with Crippen LogP contribution in [-0.2, 0) is 6.54 Å². The fraction of sp³-hybridized carbons (Fsp3) is 0.136. The number of pyridine rings is 1. The van der Waals surface area contributed by atoms with Gasteiger partial charge in [-0.25, -0.2) is 4.98 Å². The largest absolute Gasteiger partial charge is 0.454 e. The van der Waals surface area contributed by atoms with Gasteiger partial charge in [0.1, 0.15) is 6.33 Å². The van der Waals surface area contributed by atoms with Gasteiger partial charge in [0.25, 0.3) is 0 Å². The maximum Gasteiger partial charge on any atom is 0.231 e. The molecule has 0 amide bonds. The molecule has 148 valence electrons. The Labute approximate surface area is 176 Å². The van der Waals surface area contributed by atoms with Gasteiger partial charge in [-0.1, -0.05) is 18.2 Å². The molecule has 0 aliphatic carbocycles. The Morgan fingerprint density at radius 2 is 2.03 bits per heavy atom. The number of fused-ring (bicyclic) bond motifs is 3. The zero-order valence-corrected chi connectivity index (χ0v) is 16.6. The highest BCUT2D eigenvalue weighted by atomic mass is 32.1. The number of aromatic amines is 1. The quantitative estimate of drug-likeness (QED) is 0.481. The molecule has 0 fully saturated rings. The second-order valence-corrected chi connectivity index (χ2v) is 7.65. The summed E-state index contributed by atoms with van der Waals surface area (Å²) < 4.78 is 12.8. The first-order valence-electron chi connectivity index (χ1n) is 9.53. The van der Waals surface area contributed by atoms with Crippen LogP contribution in [0.3, 0.4) is 0 Å². The zero-order chi connectivity index (χ0) is 20.2. The summed E-state index contributed by atoms with van der Waals surface area (Å²) in [5.74, 6) is 1.41. The third kappa shape index (κ3) is 2.47. The van der Waals surface area contributed by atoms with Crippen LogP contribution in [0.15, 0.2) is 66.0 Å². The number of nitrogens with zero attached hydrogens (tertiary/aromatic N) is 3. The average molecular weight is 416 g/mol. The standard InChI is InChI=1S/C22H16N4O3S/c27-21-14-3-1-2-4-16(14)24-19-15(21)10-26(22(30)25-8-7-23-11-25)20(19)13-5-6-17-18(9-13)29-12-28-17/h1-9,11,20H,10,12H2,(H,24,27). The van der Waals surface area contributed by atoms with Crippen molar-refractivity contribution in [1.82, 2.24) is 19.4 Å². The number of imidazole rings is 1. The Morgan fingerprint density at radius 3 is 2.90 bits per heavy atom. The van der Waals surface area contributed by atoms with Crippen LogP contribution in [-0.4, -0.2) is 31.3 Å². The minimum atomic E-state index is -0.262. The second kappa shape index (κ2) is 6.43. The smallest absolute Gasteiger partial charge is 0.231 e. The van der Waals surface area contributed by atoms with Gasteiger partial charge in [0.2, 0.25) is 6.79 Å². The van der Waals surface area contributed by atoms with E-state index in [1.165, 1.54) is 0 Å². The summed E-state index contributed by atoms with van der Waals surface area (Å²) in [5, 5.41) is 1.25. The van der Waals surface area contributed by atoms with Crippen molar-refractivity contribution in [2.24, 2.45) is 0 Å². The summed E-state index contributed by atoms with van der Waals surface area (Å²) in [6, 6.07) is 13.1. The molecular formula is C22H16N4O3S. The van der Waals surface area contributed by atoms with Crippen LogP contribution in [0.25, 0.3) is 10.9 Å². The first kappa shape index (κ1) is 17.2. The number of hydrogen-bond acceptors (Lipinski definition) is 5. The monoisotopic (exact) mass is 416 g/mol. The number of thiocarbonyl (C=S) groups is 1. The predicted octanol–water partition coefficient (Wildman–Crippen LogP) is 3.19. The fourth-order valence-electron chi connectivity index (χ4n) is 4.23. The van der Waals surface area contributed by atoms with Gasteiger partial charge in [-0.15, -0.1) is 0 Å². The lowest BCUT2D eigenvalue weighted by molar-refractivity contribution is 0.174. The fourth-order valence-corrected chi connectivity index (χ4v) is 4.51. The SMILES string of the molecule is O=c1c2c([nH]c3ccccc13)C(c1ccc3c(c1)OCO3)N(C(=S)n1ccnc1)C2. The van der Waals surface area contributed by atoms with Gasteiger partial charge in [0, 0.05) is 28.9 Å². The van der Waals surface area contributed by atoms with Gasteiger partial charge in [0.15, 0.2) is 22.0 Å². The van der Waals surface area contributed by atoms with Gasteiger partial charge in [-0.2, -0.15) is 0 Å². The number of hydrogen-bond donors (Lipinski definition) is 1. The maximum absolute atomic E-state index is 13.3. The van der Waals surface area contributed by atoms with Gasteiger partial charge in [-0.05, 0) is 42.0 Å².